The summed E-state index contributed by atoms with van der Waals surface area (Å²) in [5.74, 6) is 3.87. The van der Waals surface area contributed by atoms with Gasteiger partial charge in [-0.2, -0.15) is 0 Å². The molecule has 1 heterocycles. The summed E-state index contributed by atoms with van der Waals surface area (Å²) in [5.41, 5.74) is 1.42. The number of hydrogen-bond donors (Lipinski definition) is 2. The van der Waals surface area contributed by atoms with Crippen LogP contribution in [0.25, 0.3) is 0 Å². The summed E-state index contributed by atoms with van der Waals surface area (Å²) in [4.78, 5) is 7.12. The zero-order valence-corrected chi connectivity index (χ0v) is 17.0. The molecule has 4 rings (SSSR count). The molecular weight excluding hydrogens is 332 g/mol. The van der Waals surface area contributed by atoms with Gasteiger partial charge in [0.05, 0.1) is 0 Å². The summed E-state index contributed by atoms with van der Waals surface area (Å²) in [5, 5.41) is 7.36. The minimum absolute atomic E-state index is 0.526. The monoisotopic (exact) mass is 368 g/mol. The fourth-order valence-corrected chi connectivity index (χ4v) is 4.77. The third-order valence-electron chi connectivity index (χ3n) is 6.77. The molecule has 0 radical (unpaired) electrons. The first-order valence-electron chi connectivity index (χ1n) is 11.0. The van der Waals surface area contributed by atoms with Gasteiger partial charge in [0.1, 0.15) is 0 Å². The Bertz CT molecular complexity index is 609. The van der Waals surface area contributed by atoms with E-state index in [0.717, 1.165) is 43.3 Å². The Morgan fingerprint density at radius 3 is 2.41 bits per heavy atom. The first-order valence-corrected chi connectivity index (χ1v) is 11.0. The third-order valence-corrected chi connectivity index (χ3v) is 6.77. The molecule has 1 aromatic rings. The average molecular weight is 369 g/mol. The van der Waals surface area contributed by atoms with Gasteiger partial charge in [-0.3, -0.25) is 9.89 Å². The fraction of sp³-hybridized carbons (Fsp3) is 0.696. The van der Waals surface area contributed by atoms with E-state index in [-0.39, 0.29) is 0 Å². The van der Waals surface area contributed by atoms with Gasteiger partial charge in [0, 0.05) is 38.8 Å². The van der Waals surface area contributed by atoms with Crippen LogP contribution in [-0.4, -0.2) is 43.1 Å². The maximum atomic E-state index is 4.51. The van der Waals surface area contributed by atoms with E-state index in [0.29, 0.717) is 12.1 Å². The summed E-state index contributed by atoms with van der Waals surface area (Å²) >= 11 is 0. The van der Waals surface area contributed by atoms with Crippen LogP contribution in [-0.2, 0) is 6.54 Å². The number of aliphatic imine (C=N–C) groups is 1. The highest BCUT2D eigenvalue weighted by molar-refractivity contribution is 5.80. The summed E-state index contributed by atoms with van der Waals surface area (Å²) in [6, 6.07) is 12.0. The molecule has 4 heteroatoms. The first-order chi connectivity index (χ1) is 13.2. The van der Waals surface area contributed by atoms with Crippen LogP contribution in [0.3, 0.4) is 0 Å². The molecule has 0 amide bonds. The van der Waals surface area contributed by atoms with Crippen LogP contribution in [0.5, 0.6) is 0 Å². The summed E-state index contributed by atoms with van der Waals surface area (Å²) in [7, 11) is 1.91. The van der Waals surface area contributed by atoms with Crippen LogP contribution >= 0.6 is 0 Å². The quantitative estimate of drug-likeness (QED) is 0.570. The topological polar surface area (TPSA) is 39.7 Å². The number of guanidine groups is 1. The second kappa shape index (κ2) is 8.64. The van der Waals surface area contributed by atoms with Gasteiger partial charge >= 0.3 is 0 Å². The van der Waals surface area contributed by atoms with E-state index < -0.39 is 0 Å². The Kier molecular flexibility index (Phi) is 6.01. The first kappa shape index (κ1) is 18.8. The molecule has 27 heavy (non-hydrogen) atoms. The molecule has 3 aliphatic rings. The summed E-state index contributed by atoms with van der Waals surface area (Å²) in [6.45, 7) is 5.68. The lowest BCUT2D eigenvalue weighted by Crippen LogP contribution is -2.51. The Balaban J connectivity index is 1.23. The number of benzene rings is 1. The molecule has 4 nitrogen and oxygen atoms in total. The SMILES string of the molecule is CN=C(NCC(C1CC1)C1CC1)NC1CCN(Cc2ccccc2)C(C)C1. The second-order valence-corrected chi connectivity index (χ2v) is 8.96. The van der Waals surface area contributed by atoms with E-state index in [1.807, 2.05) is 7.05 Å². The molecule has 0 bridgehead atoms. The zero-order valence-electron chi connectivity index (χ0n) is 17.0. The lowest BCUT2D eigenvalue weighted by molar-refractivity contribution is 0.134. The van der Waals surface area contributed by atoms with Crippen molar-refractivity contribution in [3.8, 4) is 0 Å². The molecule has 2 N–H and O–H groups in total. The number of nitrogens with one attached hydrogen (secondary N) is 2. The maximum absolute atomic E-state index is 4.51. The van der Waals surface area contributed by atoms with Crippen LogP contribution < -0.4 is 10.6 Å². The van der Waals surface area contributed by atoms with Crippen molar-refractivity contribution < 1.29 is 0 Å². The van der Waals surface area contributed by atoms with Gasteiger partial charge < -0.3 is 10.6 Å². The van der Waals surface area contributed by atoms with Crippen LogP contribution in [0.1, 0.15) is 51.0 Å². The normalized spacial score (nSPS) is 27.0. The van der Waals surface area contributed by atoms with E-state index in [1.165, 1.54) is 44.1 Å². The lowest BCUT2D eigenvalue weighted by Gasteiger charge is -2.38. The van der Waals surface area contributed by atoms with Crippen molar-refractivity contribution in [1.82, 2.24) is 15.5 Å². The molecule has 0 aromatic heterocycles. The van der Waals surface area contributed by atoms with Crippen LogP contribution in [0.2, 0.25) is 0 Å². The van der Waals surface area contributed by atoms with Crippen molar-refractivity contribution in [1.29, 1.82) is 0 Å². The van der Waals surface area contributed by atoms with Gasteiger partial charge in [-0.15, -0.1) is 0 Å². The minimum Gasteiger partial charge on any atom is -0.356 e. The van der Waals surface area contributed by atoms with Crippen molar-refractivity contribution in [2.75, 3.05) is 20.1 Å². The molecule has 2 atom stereocenters. The molecule has 2 aliphatic carbocycles. The lowest BCUT2D eigenvalue weighted by atomic mass is 9.97. The molecule has 148 valence electrons. The van der Waals surface area contributed by atoms with Crippen molar-refractivity contribution in [2.24, 2.45) is 22.7 Å². The number of likely N-dealkylation sites (tertiary alicyclic amines) is 1. The number of rotatable bonds is 7. The minimum atomic E-state index is 0.526. The second-order valence-electron chi connectivity index (χ2n) is 8.96. The van der Waals surface area contributed by atoms with Crippen LogP contribution in [0, 0.1) is 17.8 Å². The number of nitrogens with zero attached hydrogens (tertiary/aromatic N) is 2. The van der Waals surface area contributed by atoms with Crippen molar-refractivity contribution in [2.45, 2.75) is 64.1 Å². The largest absolute Gasteiger partial charge is 0.356 e. The van der Waals surface area contributed by atoms with Gasteiger partial charge in [0.15, 0.2) is 5.96 Å². The molecule has 0 spiro atoms. The summed E-state index contributed by atoms with van der Waals surface area (Å²) in [6.07, 6.45) is 8.17. The zero-order chi connectivity index (χ0) is 18.6. The van der Waals surface area contributed by atoms with Gasteiger partial charge in [-0.1, -0.05) is 30.3 Å². The van der Waals surface area contributed by atoms with E-state index in [2.05, 4.69) is 57.8 Å². The Labute approximate surface area is 164 Å². The van der Waals surface area contributed by atoms with Gasteiger partial charge in [-0.05, 0) is 68.8 Å². The molecule has 3 fully saturated rings. The Morgan fingerprint density at radius 1 is 1.11 bits per heavy atom. The molecule has 1 aromatic carbocycles. The summed E-state index contributed by atoms with van der Waals surface area (Å²) < 4.78 is 0. The number of piperidine rings is 1. The molecule has 1 saturated heterocycles. The van der Waals surface area contributed by atoms with Gasteiger partial charge in [0.2, 0.25) is 0 Å². The molecule has 2 saturated carbocycles. The Morgan fingerprint density at radius 2 is 1.81 bits per heavy atom. The third kappa shape index (κ3) is 5.25. The predicted molar refractivity (Wildman–Crippen MR) is 113 cm³/mol. The Hall–Kier alpha value is -1.55. The smallest absolute Gasteiger partial charge is 0.191 e. The van der Waals surface area contributed by atoms with Crippen molar-refractivity contribution in [3.05, 3.63) is 35.9 Å². The molecule has 1 aliphatic heterocycles. The highest BCUT2D eigenvalue weighted by atomic mass is 15.2. The average Bonchev–Trinajstić information content (AvgIpc) is 3.58. The fourth-order valence-electron chi connectivity index (χ4n) is 4.77. The van der Waals surface area contributed by atoms with E-state index in [1.54, 1.807) is 0 Å². The van der Waals surface area contributed by atoms with Crippen LogP contribution in [0.15, 0.2) is 35.3 Å². The molecule has 2 unspecified atom stereocenters. The van der Waals surface area contributed by atoms with Crippen molar-refractivity contribution >= 4 is 5.96 Å². The van der Waals surface area contributed by atoms with Crippen molar-refractivity contribution in [3.63, 3.8) is 0 Å². The van der Waals surface area contributed by atoms with E-state index in [9.17, 15) is 0 Å². The van der Waals surface area contributed by atoms with E-state index >= 15 is 0 Å². The molecular formula is C23H36N4. The highest BCUT2D eigenvalue weighted by Gasteiger charge is 2.41. The van der Waals surface area contributed by atoms with Gasteiger partial charge in [0.25, 0.3) is 0 Å². The standard InChI is InChI=1S/C23H36N4/c1-17-14-21(12-13-27(17)16-18-6-4-3-5-7-18)26-23(24-2)25-15-22(19-8-9-19)20-10-11-20/h3-7,17,19-22H,8-16H2,1-2H3,(H2,24,25,26). The highest BCUT2D eigenvalue weighted by Crippen LogP contribution is 2.48. The maximum Gasteiger partial charge on any atom is 0.191 e. The van der Waals surface area contributed by atoms with Gasteiger partial charge in [-0.25, -0.2) is 0 Å². The number of hydrogen-bond acceptors (Lipinski definition) is 2. The van der Waals surface area contributed by atoms with Crippen LogP contribution in [0.4, 0.5) is 0 Å². The predicted octanol–water partition coefficient (Wildman–Crippen LogP) is 3.64. The van der Waals surface area contributed by atoms with E-state index in [4.69, 9.17) is 0 Å².